The fourth-order valence-corrected chi connectivity index (χ4v) is 1.41. The maximum atomic E-state index is 9.69. The van der Waals surface area contributed by atoms with Gasteiger partial charge >= 0.3 is 0 Å². The molecule has 2 rings (SSSR count). The molecule has 0 bridgehead atoms. The lowest BCUT2D eigenvalue weighted by Gasteiger charge is -2.09. The molecule has 2 heterocycles. The van der Waals surface area contributed by atoms with Gasteiger partial charge in [-0.05, 0) is 18.6 Å². The molecule has 0 aliphatic carbocycles. The predicted molar refractivity (Wildman–Crippen MR) is 63.8 cm³/mol. The molecule has 0 saturated carbocycles. The molecule has 0 aliphatic rings. The monoisotopic (exact) mass is 230 g/mol. The lowest BCUT2D eigenvalue weighted by atomic mass is 10.2. The molecular formula is C13H14N2O2. The van der Waals surface area contributed by atoms with Crippen molar-refractivity contribution in [3.05, 3.63) is 48.4 Å². The Labute approximate surface area is 99.9 Å². The summed E-state index contributed by atoms with van der Waals surface area (Å²) in [4.78, 5) is 8.16. The summed E-state index contributed by atoms with van der Waals surface area (Å²) in [5.74, 6) is 1.15. The van der Waals surface area contributed by atoms with Crippen LogP contribution in [0.4, 0.5) is 0 Å². The number of pyridine rings is 2. The minimum absolute atomic E-state index is 0.524. The van der Waals surface area contributed by atoms with E-state index in [1.807, 2.05) is 19.1 Å². The van der Waals surface area contributed by atoms with Gasteiger partial charge in [-0.25, -0.2) is 4.98 Å². The Hall–Kier alpha value is -1.94. The largest absolute Gasteiger partial charge is 0.439 e. The van der Waals surface area contributed by atoms with Crippen molar-refractivity contribution in [1.82, 2.24) is 9.97 Å². The Kier molecular flexibility index (Phi) is 3.67. The van der Waals surface area contributed by atoms with Gasteiger partial charge in [0.1, 0.15) is 5.75 Å². The second-order valence-electron chi connectivity index (χ2n) is 3.61. The third-order valence-electron chi connectivity index (χ3n) is 2.34. The van der Waals surface area contributed by atoms with Gasteiger partial charge < -0.3 is 9.84 Å². The number of aliphatic hydroxyl groups excluding tert-OH is 1. The van der Waals surface area contributed by atoms with E-state index in [0.717, 1.165) is 0 Å². The molecule has 0 radical (unpaired) electrons. The Morgan fingerprint density at radius 2 is 2.12 bits per heavy atom. The first kappa shape index (κ1) is 11.5. The Bertz CT molecular complexity index is 474. The summed E-state index contributed by atoms with van der Waals surface area (Å²) in [5.41, 5.74) is 0.612. The second-order valence-corrected chi connectivity index (χ2v) is 3.61. The van der Waals surface area contributed by atoms with E-state index < -0.39 is 6.10 Å². The number of hydrogen-bond acceptors (Lipinski definition) is 4. The van der Waals surface area contributed by atoms with Gasteiger partial charge in [0.05, 0.1) is 11.8 Å². The van der Waals surface area contributed by atoms with Gasteiger partial charge in [0.2, 0.25) is 5.88 Å². The van der Waals surface area contributed by atoms with Crippen molar-refractivity contribution >= 4 is 0 Å². The number of hydrogen-bond donors (Lipinski definition) is 1. The van der Waals surface area contributed by atoms with E-state index in [0.29, 0.717) is 23.7 Å². The molecule has 0 fully saturated rings. The molecule has 1 atom stereocenters. The summed E-state index contributed by atoms with van der Waals surface area (Å²) < 4.78 is 5.55. The minimum atomic E-state index is -0.553. The van der Waals surface area contributed by atoms with Crippen molar-refractivity contribution in [1.29, 1.82) is 0 Å². The highest BCUT2D eigenvalue weighted by atomic mass is 16.5. The molecule has 0 saturated heterocycles. The van der Waals surface area contributed by atoms with Gasteiger partial charge in [0.25, 0.3) is 0 Å². The summed E-state index contributed by atoms with van der Waals surface area (Å²) in [6.45, 7) is 1.90. The standard InChI is InChI=1S/C13H14N2O2/c1-2-12(16)11-9-10(6-8-14-11)17-13-5-3-4-7-15-13/h3-9,12,16H,2H2,1H3/t12-/m0/s1. The molecule has 2 aromatic rings. The van der Waals surface area contributed by atoms with E-state index in [1.165, 1.54) is 0 Å². The highest BCUT2D eigenvalue weighted by Crippen LogP contribution is 2.22. The van der Waals surface area contributed by atoms with Crippen LogP contribution in [0.3, 0.4) is 0 Å². The van der Waals surface area contributed by atoms with Crippen LogP contribution in [-0.2, 0) is 0 Å². The molecule has 0 aromatic carbocycles. The van der Waals surface area contributed by atoms with Crippen molar-refractivity contribution < 1.29 is 9.84 Å². The van der Waals surface area contributed by atoms with Gasteiger partial charge in [-0.3, -0.25) is 4.98 Å². The minimum Gasteiger partial charge on any atom is -0.439 e. The van der Waals surface area contributed by atoms with Gasteiger partial charge in [0.15, 0.2) is 0 Å². The van der Waals surface area contributed by atoms with E-state index in [-0.39, 0.29) is 0 Å². The lowest BCUT2D eigenvalue weighted by Crippen LogP contribution is -1.98. The molecular weight excluding hydrogens is 216 g/mol. The molecule has 4 heteroatoms. The van der Waals surface area contributed by atoms with Crippen LogP contribution < -0.4 is 4.74 Å². The van der Waals surface area contributed by atoms with Crippen molar-refractivity contribution in [2.45, 2.75) is 19.4 Å². The van der Waals surface area contributed by atoms with Crippen molar-refractivity contribution in [2.24, 2.45) is 0 Å². The molecule has 17 heavy (non-hydrogen) atoms. The Balaban J connectivity index is 2.17. The second kappa shape index (κ2) is 5.41. The molecule has 0 amide bonds. The fraction of sp³-hybridized carbons (Fsp3) is 0.231. The summed E-state index contributed by atoms with van der Waals surface area (Å²) in [5, 5.41) is 9.69. The van der Waals surface area contributed by atoms with Crippen molar-refractivity contribution in [3.63, 3.8) is 0 Å². The van der Waals surface area contributed by atoms with Crippen molar-refractivity contribution in [3.8, 4) is 11.6 Å². The number of aromatic nitrogens is 2. The highest BCUT2D eigenvalue weighted by molar-refractivity contribution is 5.28. The topological polar surface area (TPSA) is 55.2 Å². The quantitative estimate of drug-likeness (QED) is 0.877. The molecule has 88 valence electrons. The smallest absolute Gasteiger partial charge is 0.219 e. The van der Waals surface area contributed by atoms with Crippen LogP contribution in [0, 0.1) is 0 Å². The number of ether oxygens (including phenoxy) is 1. The Morgan fingerprint density at radius 1 is 1.24 bits per heavy atom. The van der Waals surface area contributed by atoms with E-state index >= 15 is 0 Å². The maximum absolute atomic E-state index is 9.69. The molecule has 1 N–H and O–H groups in total. The van der Waals surface area contributed by atoms with E-state index in [4.69, 9.17) is 4.74 Å². The zero-order chi connectivity index (χ0) is 12.1. The SMILES string of the molecule is CC[C@H](O)c1cc(Oc2ccccn2)ccn1. The summed E-state index contributed by atoms with van der Waals surface area (Å²) in [6, 6.07) is 8.91. The van der Waals surface area contributed by atoms with Crippen LogP contribution in [-0.4, -0.2) is 15.1 Å². The van der Waals surface area contributed by atoms with Crippen LogP contribution in [0.1, 0.15) is 25.1 Å². The first-order valence-corrected chi connectivity index (χ1v) is 5.52. The summed E-state index contributed by atoms with van der Waals surface area (Å²) >= 11 is 0. The van der Waals surface area contributed by atoms with Crippen LogP contribution >= 0.6 is 0 Å². The summed E-state index contributed by atoms with van der Waals surface area (Å²) in [6.07, 6.45) is 3.35. The van der Waals surface area contributed by atoms with Crippen LogP contribution in [0.25, 0.3) is 0 Å². The third kappa shape index (κ3) is 3.01. The molecule has 2 aromatic heterocycles. The molecule has 4 nitrogen and oxygen atoms in total. The van der Waals surface area contributed by atoms with E-state index in [1.54, 1.807) is 30.6 Å². The Morgan fingerprint density at radius 3 is 2.82 bits per heavy atom. The number of aliphatic hydroxyl groups is 1. The molecule has 0 spiro atoms. The van der Waals surface area contributed by atoms with Gasteiger partial charge in [0, 0.05) is 24.5 Å². The maximum Gasteiger partial charge on any atom is 0.219 e. The summed E-state index contributed by atoms with van der Waals surface area (Å²) in [7, 11) is 0. The molecule has 0 aliphatic heterocycles. The highest BCUT2D eigenvalue weighted by Gasteiger charge is 2.07. The predicted octanol–water partition coefficient (Wildman–Crippen LogP) is 2.71. The number of nitrogens with zero attached hydrogens (tertiary/aromatic N) is 2. The zero-order valence-electron chi connectivity index (χ0n) is 9.58. The van der Waals surface area contributed by atoms with Crippen LogP contribution in [0.5, 0.6) is 11.6 Å². The van der Waals surface area contributed by atoms with Crippen molar-refractivity contribution in [2.75, 3.05) is 0 Å². The van der Waals surface area contributed by atoms with E-state index in [2.05, 4.69) is 9.97 Å². The average molecular weight is 230 g/mol. The van der Waals surface area contributed by atoms with Crippen LogP contribution in [0.15, 0.2) is 42.7 Å². The van der Waals surface area contributed by atoms with E-state index in [9.17, 15) is 5.11 Å². The van der Waals surface area contributed by atoms with Crippen LogP contribution in [0.2, 0.25) is 0 Å². The van der Waals surface area contributed by atoms with Gasteiger partial charge in [-0.1, -0.05) is 13.0 Å². The first-order valence-electron chi connectivity index (χ1n) is 5.52. The normalized spacial score (nSPS) is 12.1. The third-order valence-corrected chi connectivity index (χ3v) is 2.34. The van der Waals surface area contributed by atoms with Gasteiger partial charge in [-0.15, -0.1) is 0 Å². The number of rotatable bonds is 4. The average Bonchev–Trinajstić information content (AvgIpc) is 2.39. The molecule has 0 unspecified atom stereocenters. The lowest BCUT2D eigenvalue weighted by molar-refractivity contribution is 0.168. The van der Waals surface area contributed by atoms with Gasteiger partial charge in [-0.2, -0.15) is 0 Å². The first-order chi connectivity index (χ1) is 8.29. The zero-order valence-corrected chi connectivity index (χ0v) is 9.58. The fourth-order valence-electron chi connectivity index (χ4n) is 1.41.